The number of ether oxygens (including phenoxy) is 1. The van der Waals surface area contributed by atoms with Gasteiger partial charge in [0.25, 0.3) is 0 Å². The van der Waals surface area contributed by atoms with E-state index in [0.29, 0.717) is 12.0 Å². The second kappa shape index (κ2) is 5.31. The largest absolute Gasteiger partial charge is 0.456 e. The molecule has 0 aliphatic heterocycles. The number of aryl methyl sites for hydroxylation is 1. The molecule has 0 aliphatic carbocycles. The molecule has 0 aromatic heterocycles. The number of carbonyl (C=O) groups excluding carboxylic acids is 1. The number of rotatable bonds is 3. The van der Waals surface area contributed by atoms with Gasteiger partial charge in [-0.05, 0) is 36.8 Å². The van der Waals surface area contributed by atoms with Crippen LogP contribution in [0.15, 0.2) is 40.9 Å². The van der Waals surface area contributed by atoms with Gasteiger partial charge in [-0.15, -0.1) is 0 Å². The van der Waals surface area contributed by atoms with Gasteiger partial charge >= 0.3 is 0 Å². The van der Waals surface area contributed by atoms with Crippen LogP contribution in [-0.4, -0.2) is 6.29 Å². The van der Waals surface area contributed by atoms with E-state index >= 15 is 0 Å². The second-order valence-electron chi connectivity index (χ2n) is 3.78. The third-order valence-electron chi connectivity index (χ3n) is 2.50. The SMILES string of the molecule is Cc1ccc(Br)cc1Oc1cccc(F)c1C=O. The van der Waals surface area contributed by atoms with Crippen LogP contribution in [-0.2, 0) is 0 Å². The van der Waals surface area contributed by atoms with E-state index < -0.39 is 5.82 Å². The summed E-state index contributed by atoms with van der Waals surface area (Å²) in [6, 6.07) is 9.82. The Bertz CT molecular complexity index is 596. The van der Waals surface area contributed by atoms with E-state index in [1.165, 1.54) is 12.1 Å². The average molecular weight is 309 g/mol. The van der Waals surface area contributed by atoms with Crippen LogP contribution in [0.25, 0.3) is 0 Å². The van der Waals surface area contributed by atoms with Crippen LogP contribution >= 0.6 is 15.9 Å². The highest BCUT2D eigenvalue weighted by atomic mass is 79.9. The van der Waals surface area contributed by atoms with Crippen molar-refractivity contribution in [1.82, 2.24) is 0 Å². The zero-order valence-electron chi connectivity index (χ0n) is 9.61. The van der Waals surface area contributed by atoms with Crippen molar-refractivity contribution in [3.05, 3.63) is 57.8 Å². The van der Waals surface area contributed by atoms with Gasteiger partial charge in [0.15, 0.2) is 6.29 Å². The third-order valence-corrected chi connectivity index (χ3v) is 2.99. The zero-order chi connectivity index (χ0) is 13.1. The Morgan fingerprint density at radius 3 is 2.72 bits per heavy atom. The Balaban J connectivity index is 2.43. The molecule has 0 radical (unpaired) electrons. The van der Waals surface area contributed by atoms with Crippen molar-refractivity contribution < 1.29 is 13.9 Å². The van der Waals surface area contributed by atoms with Crippen molar-refractivity contribution in [3.8, 4) is 11.5 Å². The van der Waals surface area contributed by atoms with Crippen LogP contribution in [0.3, 0.4) is 0 Å². The van der Waals surface area contributed by atoms with Gasteiger partial charge in [-0.2, -0.15) is 0 Å². The predicted octanol–water partition coefficient (Wildman–Crippen LogP) is 4.50. The fourth-order valence-corrected chi connectivity index (χ4v) is 1.86. The van der Waals surface area contributed by atoms with Crippen LogP contribution in [0.5, 0.6) is 11.5 Å². The molecule has 92 valence electrons. The molecule has 0 fully saturated rings. The van der Waals surface area contributed by atoms with Crippen molar-refractivity contribution in [1.29, 1.82) is 0 Å². The first-order chi connectivity index (χ1) is 8.61. The molecule has 2 nitrogen and oxygen atoms in total. The average Bonchev–Trinajstić information content (AvgIpc) is 2.34. The predicted molar refractivity (Wildman–Crippen MR) is 70.7 cm³/mol. The highest BCUT2D eigenvalue weighted by Gasteiger charge is 2.10. The molecular formula is C14H10BrFO2. The topological polar surface area (TPSA) is 26.3 Å². The molecule has 0 saturated heterocycles. The van der Waals surface area contributed by atoms with E-state index in [-0.39, 0.29) is 11.3 Å². The monoisotopic (exact) mass is 308 g/mol. The normalized spacial score (nSPS) is 10.2. The summed E-state index contributed by atoms with van der Waals surface area (Å²) < 4.78 is 19.9. The molecule has 2 rings (SSSR count). The van der Waals surface area contributed by atoms with Gasteiger partial charge in [0.05, 0.1) is 5.56 Å². The highest BCUT2D eigenvalue weighted by molar-refractivity contribution is 9.10. The lowest BCUT2D eigenvalue weighted by atomic mass is 10.2. The van der Waals surface area contributed by atoms with Crippen molar-refractivity contribution in [2.75, 3.05) is 0 Å². The fraction of sp³-hybridized carbons (Fsp3) is 0.0714. The Morgan fingerprint density at radius 2 is 2.00 bits per heavy atom. The summed E-state index contributed by atoms with van der Waals surface area (Å²) in [5.74, 6) is 0.208. The summed E-state index contributed by atoms with van der Waals surface area (Å²) in [5.41, 5.74) is 0.830. The first-order valence-electron chi connectivity index (χ1n) is 5.29. The van der Waals surface area contributed by atoms with Gasteiger partial charge in [0.1, 0.15) is 17.3 Å². The quantitative estimate of drug-likeness (QED) is 0.780. The van der Waals surface area contributed by atoms with Crippen molar-refractivity contribution in [3.63, 3.8) is 0 Å². The molecule has 0 amide bonds. The lowest BCUT2D eigenvalue weighted by Crippen LogP contribution is -1.95. The first kappa shape index (κ1) is 12.8. The van der Waals surface area contributed by atoms with E-state index in [1.807, 2.05) is 19.1 Å². The van der Waals surface area contributed by atoms with Gasteiger partial charge < -0.3 is 4.74 Å². The van der Waals surface area contributed by atoms with Crippen LogP contribution in [0.1, 0.15) is 15.9 Å². The number of carbonyl (C=O) groups is 1. The summed E-state index contributed by atoms with van der Waals surface area (Å²) in [4.78, 5) is 10.9. The van der Waals surface area contributed by atoms with Crippen LogP contribution < -0.4 is 4.74 Å². The number of halogens is 2. The molecule has 0 atom stereocenters. The van der Waals surface area contributed by atoms with Gasteiger partial charge in [0.2, 0.25) is 0 Å². The van der Waals surface area contributed by atoms with Crippen molar-refractivity contribution in [2.45, 2.75) is 6.92 Å². The Hall–Kier alpha value is -1.68. The summed E-state index contributed by atoms with van der Waals surface area (Å²) in [5, 5.41) is 0. The van der Waals surface area contributed by atoms with Gasteiger partial charge in [-0.25, -0.2) is 4.39 Å². The number of hydrogen-bond acceptors (Lipinski definition) is 2. The van der Waals surface area contributed by atoms with E-state index in [4.69, 9.17) is 4.74 Å². The molecule has 4 heteroatoms. The standard InChI is InChI=1S/C14H10BrFO2/c1-9-5-6-10(15)7-14(9)18-13-4-2-3-12(16)11(13)8-17/h2-8H,1H3. The molecule has 18 heavy (non-hydrogen) atoms. The molecule has 0 unspecified atom stereocenters. The number of benzene rings is 2. The summed E-state index contributed by atoms with van der Waals surface area (Å²) in [7, 11) is 0. The molecule has 0 N–H and O–H groups in total. The molecule has 0 saturated carbocycles. The third kappa shape index (κ3) is 2.59. The lowest BCUT2D eigenvalue weighted by Gasteiger charge is -2.11. The molecule has 0 spiro atoms. The molecule has 0 aliphatic rings. The number of hydrogen-bond donors (Lipinski definition) is 0. The Kier molecular flexibility index (Phi) is 3.77. The van der Waals surface area contributed by atoms with Crippen molar-refractivity contribution >= 4 is 22.2 Å². The first-order valence-corrected chi connectivity index (χ1v) is 6.09. The maximum absolute atomic E-state index is 13.4. The summed E-state index contributed by atoms with van der Waals surface area (Å²) >= 11 is 3.34. The maximum atomic E-state index is 13.4. The van der Waals surface area contributed by atoms with Crippen LogP contribution in [0, 0.1) is 12.7 Å². The summed E-state index contributed by atoms with van der Waals surface area (Å²) in [6.45, 7) is 1.88. The van der Waals surface area contributed by atoms with Gasteiger partial charge in [0, 0.05) is 4.47 Å². The smallest absolute Gasteiger partial charge is 0.156 e. The lowest BCUT2D eigenvalue weighted by molar-refractivity contribution is 0.111. The van der Waals surface area contributed by atoms with E-state index in [2.05, 4.69) is 15.9 Å². The fourth-order valence-electron chi connectivity index (χ4n) is 1.52. The van der Waals surface area contributed by atoms with Gasteiger partial charge in [-0.3, -0.25) is 4.79 Å². The minimum Gasteiger partial charge on any atom is -0.456 e. The maximum Gasteiger partial charge on any atom is 0.156 e. The minimum atomic E-state index is -0.588. The molecular weight excluding hydrogens is 299 g/mol. The van der Waals surface area contributed by atoms with E-state index in [9.17, 15) is 9.18 Å². The highest BCUT2D eigenvalue weighted by Crippen LogP contribution is 2.30. The zero-order valence-corrected chi connectivity index (χ0v) is 11.2. The number of aldehydes is 1. The summed E-state index contributed by atoms with van der Waals surface area (Å²) in [6.07, 6.45) is 0.456. The van der Waals surface area contributed by atoms with E-state index in [0.717, 1.165) is 10.0 Å². The second-order valence-corrected chi connectivity index (χ2v) is 4.70. The van der Waals surface area contributed by atoms with Crippen LogP contribution in [0.4, 0.5) is 4.39 Å². The molecule has 2 aromatic carbocycles. The van der Waals surface area contributed by atoms with E-state index in [1.54, 1.807) is 12.1 Å². The minimum absolute atomic E-state index is 0.0723. The Labute approximate surface area is 113 Å². The van der Waals surface area contributed by atoms with Crippen molar-refractivity contribution in [2.24, 2.45) is 0 Å². The molecule has 0 heterocycles. The molecule has 2 aromatic rings. The van der Waals surface area contributed by atoms with Crippen LogP contribution in [0.2, 0.25) is 0 Å². The van der Waals surface area contributed by atoms with Gasteiger partial charge in [-0.1, -0.05) is 28.1 Å². The Morgan fingerprint density at radius 1 is 1.22 bits per heavy atom. The molecule has 0 bridgehead atoms.